The van der Waals surface area contributed by atoms with E-state index in [2.05, 4.69) is 0 Å². The first kappa shape index (κ1) is 12.3. The van der Waals surface area contributed by atoms with Crippen LogP contribution in [-0.4, -0.2) is 11.1 Å². The van der Waals surface area contributed by atoms with Gasteiger partial charge in [0, 0.05) is 5.02 Å². The van der Waals surface area contributed by atoms with Crippen LogP contribution in [0.25, 0.3) is 0 Å². The second-order valence-electron chi connectivity index (χ2n) is 4.33. The quantitative estimate of drug-likeness (QED) is 0.840. The summed E-state index contributed by atoms with van der Waals surface area (Å²) in [6.45, 7) is 0. The summed E-state index contributed by atoms with van der Waals surface area (Å²) < 4.78 is 26.1. The van der Waals surface area contributed by atoms with Gasteiger partial charge in [-0.15, -0.1) is 0 Å². The minimum Gasteiger partial charge on any atom is -0.481 e. The van der Waals surface area contributed by atoms with E-state index in [9.17, 15) is 13.6 Å². The van der Waals surface area contributed by atoms with Crippen molar-refractivity contribution in [2.24, 2.45) is 5.92 Å². The Kier molecular flexibility index (Phi) is 3.33. The Balaban J connectivity index is 2.35. The van der Waals surface area contributed by atoms with E-state index < -0.39 is 17.6 Å². The lowest BCUT2D eigenvalue weighted by Crippen LogP contribution is -2.09. The molecule has 1 atom stereocenters. The molecule has 1 fully saturated rings. The fraction of sp³-hybridized carbons (Fsp3) is 0.417. The highest BCUT2D eigenvalue weighted by Gasteiger charge is 2.35. The van der Waals surface area contributed by atoms with Crippen LogP contribution in [0.1, 0.15) is 30.7 Å². The molecule has 92 valence electrons. The number of carboxylic acids is 1. The molecule has 1 N–H and O–H groups in total. The van der Waals surface area contributed by atoms with E-state index in [4.69, 9.17) is 16.7 Å². The van der Waals surface area contributed by atoms with E-state index in [0.717, 1.165) is 25.0 Å². The van der Waals surface area contributed by atoms with Gasteiger partial charge in [-0.25, -0.2) is 8.78 Å². The highest BCUT2D eigenvalue weighted by molar-refractivity contribution is 6.31. The molecule has 0 aliphatic heterocycles. The average molecular weight is 261 g/mol. The van der Waals surface area contributed by atoms with Crippen LogP contribution < -0.4 is 0 Å². The summed E-state index contributed by atoms with van der Waals surface area (Å²) in [5, 5.41) is 8.92. The van der Waals surface area contributed by atoms with Gasteiger partial charge in [-0.3, -0.25) is 4.79 Å². The number of halogens is 3. The van der Waals surface area contributed by atoms with Crippen LogP contribution in [0, 0.1) is 17.6 Å². The Hall–Kier alpha value is -1.16. The summed E-state index contributed by atoms with van der Waals surface area (Å²) in [5.41, 5.74) is 0.399. The van der Waals surface area contributed by atoms with Crippen molar-refractivity contribution in [3.8, 4) is 0 Å². The fourth-order valence-electron chi connectivity index (χ4n) is 2.04. The third-order valence-corrected chi connectivity index (χ3v) is 3.35. The van der Waals surface area contributed by atoms with Gasteiger partial charge in [0.2, 0.25) is 0 Å². The minimum atomic E-state index is -1.01. The summed E-state index contributed by atoms with van der Waals surface area (Å²) in [7, 11) is 0. The smallest absolute Gasteiger partial charge is 0.303 e. The summed E-state index contributed by atoms with van der Waals surface area (Å²) in [6.07, 6.45) is 1.72. The predicted molar refractivity (Wildman–Crippen MR) is 59.1 cm³/mol. The number of rotatable bonds is 4. The molecule has 1 unspecified atom stereocenters. The van der Waals surface area contributed by atoms with Crippen molar-refractivity contribution in [2.75, 3.05) is 0 Å². The lowest BCUT2D eigenvalue weighted by Gasteiger charge is -2.16. The molecule has 1 aliphatic rings. The van der Waals surface area contributed by atoms with Crippen LogP contribution in [0.15, 0.2) is 12.1 Å². The van der Waals surface area contributed by atoms with Crippen molar-refractivity contribution in [1.29, 1.82) is 0 Å². The predicted octanol–water partition coefficient (Wildman–Crippen LogP) is 3.59. The van der Waals surface area contributed by atoms with Gasteiger partial charge in [-0.1, -0.05) is 11.6 Å². The molecule has 0 radical (unpaired) electrons. The first-order valence-corrected chi connectivity index (χ1v) is 5.73. The third-order valence-electron chi connectivity index (χ3n) is 3.02. The number of benzene rings is 1. The molecule has 0 aromatic heterocycles. The summed E-state index contributed by atoms with van der Waals surface area (Å²) in [5.74, 6) is -3.06. The number of hydrogen-bond donors (Lipinski definition) is 1. The maximum atomic E-state index is 13.2. The maximum absolute atomic E-state index is 13.2. The molecule has 1 aromatic carbocycles. The molecule has 1 saturated carbocycles. The van der Waals surface area contributed by atoms with Gasteiger partial charge in [0.15, 0.2) is 11.6 Å². The molecule has 0 heterocycles. The number of carboxylic acid groups (broad SMARTS) is 1. The summed E-state index contributed by atoms with van der Waals surface area (Å²) in [4.78, 5) is 10.8. The standard InChI is InChI=1S/C12H11ClF2O2/c13-9-5-11(15)10(14)3-8(9)7(4-12(16)17)6-1-2-6/h3,5-7H,1-2,4H2,(H,16,17). The van der Waals surface area contributed by atoms with Gasteiger partial charge in [-0.05, 0) is 42.4 Å². The van der Waals surface area contributed by atoms with E-state index in [1.807, 2.05) is 0 Å². The molecule has 1 aromatic rings. The largest absolute Gasteiger partial charge is 0.481 e. The van der Waals surface area contributed by atoms with Crippen LogP contribution in [0.5, 0.6) is 0 Å². The molecule has 2 nitrogen and oxygen atoms in total. The first-order chi connectivity index (χ1) is 7.99. The minimum absolute atomic E-state index is 0.0991. The van der Waals surface area contributed by atoms with Crippen LogP contribution in [0.2, 0.25) is 5.02 Å². The average Bonchev–Trinajstić information content (AvgIpc) is 3.04. The van der Waals surface area contributed by atoms with Crippen LogP contribution >= 0.6 is 11.6 Å². The zero-order chi connectivity index (χ0) is 12.6. The Bertz CT molecular complexity index is 458. The van der Waals surface area contributed by atoms with Crippen molar-refractivity contribution in [3.63, 3.8) is 0 Å². The molecule has 5 heteroatoms. The van der Waals surface area contributed by atoms with Gasteiger partial charge in [0.25, 0.3) is 0 Å². The van der Waals surface area contributed by atoms with E-state index >= 15 is 0 Å². The Labute approximate surface area is 102 Å². The van der Waals surface area contributed by atoms with Gasteiger partial charge in [0.05, 0.1) is 6.42 Å². The molecule has 0 saturated heterocycles. The molecule has 17 heavy (non-hydrogen) atoms. The zero-order valence-electron chi connectivity index (χ0n) is 8.92. The van der Waals surface area contributed by atoms with Crippen LogP contribution in [0.3, 0.4) is 0 Å². The van der Waals surface area contributed by atoms with Crippen molar-refractivity contribution in [1.82, 2.24) is 0 Å². The van der Waals surface area contributed by atoms with Crippen LogP contribution in [0.4, 0.5) is 8.78 Å². The molecular formula is C12H11ClF2O2. The molecule has 0 amide bonds. The fourth-order valence-corrected chi connectivity index (χ4v) is 2.33. The summed E-state index contributed by atoms with van der Waals surface area (Å²) >= 11 is 5.85. The third kappa shape index (κ3) is 2.75. The van der Waals surface area contributed by atoms with Gasteiger partial charge >= 0.3 is 5.97 Å². The molecule has 1 aliphatic carbocycles. The molecular weight excluding hydrogens is 250 g/mol. The van der Waals surface area contributed by atoms with Gasteiger partial charge in [-0.2, -0.15) is 0 Å². The summed E-state index contributed by atoms with van der Waals surface area (Å²) in [6, 6.07) is 1.92. The van der Waals surface area contributed by atoms with Crippen molar-refractivity contribution in [3.05, 3.63) is 34.4 Å². The van der Waals surface area contributed by atoms with Crippen molar-refractivity contribution < 1.29 is 18.7 Å². The Morgan fingerprint density at radius 2 is 2.00 bits per heavy atom. The normalized spacial score (nSPS) is 16.9. The van der Waals surface area contributed by atoms with Gasteiger partial charge in [0.1, 0.15) is 0 Å². The van der Waals surface area contributed by atoms with E-state index in [1.165, 1.54) is 0 Å². The number of hydrogen-bond acceptors (Lipinski definition) is 1. The highest BCUT2D eigenvalue weighted by atomic mass is 35.5. The Morgan fingerprint density at radius 3 is 2.53 bits per heavy atom. The molecule has 0 bridgehead atoms. The zero-order valence-corrected chi connectivity index (χ0v) is 9.68. The maximum Gasteiger partial charge on any atom is 0.303 e. The van der Waals surface area contributed by atoms with Crippen molar-refractivity contribution in [2.45, 2.75) is 25.2 Å². The van der Waals surface area contributed by atoms with Crippen LogP contribution in [-0.2, 0) is 4.79 Å². The lowest BCUT2D eigenvalue weighted by molar-refractivity contribution is -0.137. The number of aliphatic carboxylic acids is 1. The SMILES string of the molecule is O=C(O)CC(c1cc(F)c(F)cc1Cl)C1CC1. The van der Waals surface area contributed by atoms with E-state index in [-0.39, 0.29) is 23.3 Å². The topological polar surface area (TPSA) is 37.3 Å². The Morgan fingerprint density at radius 1 is 1.41 bits per heavy atom. The lowest BCUT2D eigenvalue weighted by atomic mass is 9.91. The van der Waals surface area contributed by atoms with E-state index in [0.29, 0.717) is 5.56 Å². The highest BCUT2D eigenvalue weighted by Crippen LogP contribution is 2.46. The molecule has 0 spiro atoms. The monoisotopic (exact) mass is 260 g/mol. The van der Waals surface area contributed by atoms with Gasteiger partial charge < -0.3 is 5.11 Å². The second kappa shape index (κ2) is 4.61. The van der Waals surface area contributed by atoms with E-state index in [1.54, 1.807) is 0 Å². The number of carbonyl (C=O) groups is 1. The van der Waals surface area contributed by atoms with Crippen molar-refractivity contribution >= 4 is 17.6 Å². The second-order valence-corrected chi connectivity index (χ2v) is 4.74. The first-order valence-electron chi connectivity index (χ1n) is 5.35. The molecule has 2 rings (SSSR count).